The minimum atomic E-state index is -0.0545. The molecule has 0 aliphatic carbocycles. The molecule has 1 saturated heterocycles. The zero-order chi connectivity index (χ0) is 17.2. The molecule has 2 heterocycles. The minimum absolute atomic E-state index is 0.0545. The van der Waals surface area contributed by atoms with Gasteiger partial charge < -0.3 is 14.1 Å². The third kappa shape index (κ3) is 3.49. The van der Waals surface area contributed by atoms with Crippen LogP contribution in [-0.4, -0.2) is 30.0 Å². The molecule has 1 amide bonds. The van der Waals surface area contributed by atoms with Crippen LogP contribution >= 0.6 is 11.6 Å². The molecule has 1 aromatic heterocycles. The van der Waals surface area contributed by atoms with E-state index >= 15 is 0 Å². The number of para-hydroxylation sites is 1. The van der Waals surface area contributed by atoms with E-state index < -0.39 is 0 Å². The number of piperidine rings is 1. The van der Waals surface area contributed by atoms with Gasteiger partial charge in [0.2, 0.25) is 0 Å². The largest absolute Gasteiger partial charge is 0.490 e. The van der Waals surface area contributed by atoms with Crippen LogP contribution in [0.5, 0.6) is 5.75 Å². The number of fused-ring (bicyclic) bond motifs is 1. The number of furan rings is 1. The number of hydrogen-bond donors (Lipinski definition) is 0. The average Bonchev–Trinajstić information content (AvgIpc) is 3.08. The molecule has 0 bridgehead atoms. The Labute approximate surface area is 150 Å². The Balaban J connectivity index is 1.37. The van der Waals surface area contributed by atoms with Crippen LogP contribution < -0.4 is 4.74 Å². The Hall–Kier alpha value is -2.46. The van der Waals surface area contributed by atoms with E-state index in [4.69, 9.17) is 20.8 Å². The van der Waals surface area contributed by atoms with Crippen molar-refractivity contribution in [1.29, 1.82) is 0 Å². The second-order valence-corrected chi connectivity index (χ2v) is 6.65. The minimum Gasteiger partial charge on any atom is -0.490 e. The molecular weight excluding hydrogens is 338 g/mol. The lowest BCUT2D eigenvalue weighted by atomic mass is 10.1. The predicted octanol–water partition coefficient (Wildman–Crippen LogP) is 4.77. The van der Waals surface area contributed by atoms with E-state index in [1.165, 1.54) is 0 Å². The first-order valence-electron chi connectivity index (χ1n) is 8.39. The summed E-state index contributed by atoms with van der Waals surface area (Å²) in [4.78, 5) is 14.5. The fourth-order valence-electron chi connectivity index (χ4n) is 3.13. The smallest absolute Gasteiger partial charge is 0.289 e. The summed E-state index contributed by atoms with van der Waals surface area (Å²) in [5, 5.41) is 1.64. The van der Waals surface area contributed by atoms with E-state index in [0.717, 1.165) is 29.6 Å². The van der Waals surface area contributed by atoms with Gasteiger partial charge in [-0.25, -0.2) is 0 Å². The number of likely N-dealkylation sites (tertiary alicyclic amines) is 1. The maximum atomic E-state index is 12.6. The van der Waals surface area contributed by atoms with Crippen LogP contribution in [0.4, 0.5) is 0 Å². The summed E-state index contributed by atoms with van der Waals surface area (Å²) in [7, 11) is 0. The maximum absolute atomic E-state index is 12.6. The molecule has 128 valence electrons. The van der Waals surface area contributed by atoms with Gasteiger partial charge >= 0.3 is 0 Å². The first-order valence-corrected chi connectivity index (χ1v) is 8.77. The highest BCUT2D eigenvalue weighted by atomic mass is 35.5. The van der Waals surface area contributed by atoms with Crippen molar-refractivity contribution in [2.45, 2.75) is 18.9 Å². The molecule has 0 atom stereocenters. The topological polar surface area (TPSA) is 42.7 Å². The van der Waals surface area contributed by atoms with E-state index in [1.54, 1.807) is 0 Å². The van der Waals surface area contributed by atoms with Gasteiger partial charge in [-0.3, -0.25) is 4.79 Å². The van der Waals surface area contributed by atoms with E-state index in [9.17, 15) is 4.79 Å². The van der Waals surface area contributed by atoms with E-state index in [1.807, 2.05) is 59.5 Å². The monoisotopic (exact) mass is 355 g/mol. The van der Waals surface area contributed by atoms with E-state index in [0.29, 0.717) is 23.9 Å². The van der Waals surface area contributed by atoms with Gasteiger partial charge in [-0.15, -0.1) is 0 Å². The van der Waals surface area contributed by atoms with Crippen molar-refractivity contribution in [3.8, 4) is 5.75 Å². The maximum Gasteiger partial charge on any atom is 0.289 e. The lowest BCUT2D eigenvalue weighted by molar-refractivity contribution is 0.0569. The number of carbonyl (C=O) groups is 1. The van der Waals surface area contributed by atoms with Crippen LogP contribution in [-0.2, 0) is 0 Å². The molecule has 0 spiro atoms. The Morgan fingerprint density at radius 3 is 2.52 bits per heavy atom. The van der Waals surface area contributed by atoms with E-state index in [-0.39, 0.29) is 12.0 Å². The molecule has 0 N–H and O–H groups in total. The third-order valence-electron chi connectivity index (χ3n) is 4.48. The zero-order valence-electron chi connectivity index (χ0n) is 13.7. The summed E-state index contributed by atoms with van der Waals surface area (Å²) in [6, 6.07) is 16.8. The Bertz CT molecular complexity index is 846. The standard InChI is InChI=1S/C20H18ClNO3/c21-15-5-7-16(8-6-15)24-17-9-11-22(12-10-17)20(23)19-13-14-3-1-2-4-18(14)25-19/h1-8,13,17H,9-12H2. The van der Waals surface area contributed by atoms with Crippen molar-refractivity contribution in [2.75, 3.05) is 13.1 Å². The number of carbonyl (C=O) groups excluding carboxylic acids is 1. The molecule has 25 heavy (non-hydrogen) atoms. The summed E-state index contributed by atoms with van der Waals surface area (Å²) in [5.74, 6) is 1.16. The SMILES string of the molecule is O=C(c1cc2ccccc2o1)N1CCC(Oc2ccc(Cl)cc2)CC1. The molecule has 0 unspecified atom stereocenters. The molecule has 4 nitrogen and oxygen atoms in total. The Morgan fingerprint density at radius 2 is 1.80 bits per heavy atom. The summed E-state index contributed by atoms with van der Waals surface area (Å²) in [6.07, 6.45) is 1.71. The van der Waals surface area contributed by atoms with Gasteiger partial charge in [-0.1, -0.05) is 29.8 Å². The molecular formula is C20H18ClNO3. The van der Waals surface area contributed by atoms with Gasteiger partial charge in [0.05, 0.1) is 0 Å². The van der Waals surface area contributed by atoms with Gasteiger partial charge in [0, 0.05) is 36.3 Å². The number of halogens is 1. The molecule has 5 heteroatoms. The summed E-state index contributed by atoms with van der Waals surface area (Å²) in [6.45, 7) is 1.32. The van der Waals surface area contributed by atoms with Gasteiger partial charge in [0.15, 0.2) is 5.76 Å². The van der Waals surface area contributed by atoms with Gasteiger partial charge in [-0.05, 0) is 36.4 Å². The van der Waals surface area contributed by atoms with Gasteiger partial charge in [-0.2, -0.15) is 0 Å². The molecule has 1 fully saturated rings. The molecule has 1 aliphatic rings. The Morgan fingerprint density at radius 1 is 1.08 bits per heavy atom. The second-order valence-electron chi connectivity index (χ2n) is 6.21. The number of rotatable bonds is 3. The van der Waals surface area contributed by atoms with Crippen LogP contribution in [0.3, 0.4) is 0 Å². The fraction of sp³-hybridized carbons (Fsp3) is 0.250. The molecule has 0 radical (unpaired) electrons. The molecule has 0 saturated carbocycles. The van der Waals surface area contributed by atoms with Crippen LogP contribution in [0.15, 0.2) is 59.0 Å². The van der Waals surface area contributed by atoms with Crippen molar-refractivity contribution >= 4 is 28.5 Å². The second kappa shape index (κ2) is 6.81. The van der Waals surface area contributed by atoms with E-state index in [2.05, 4.69) is 0 Å². The van der Waals surface area contributed by atoms with Crippen LogP contribution in [0.2, 0.25) is 5.02 Å². The average molecular weight is 356 g/mol. The number of ether oxygens (including phenoxy) is 1. The summed E-state index contributed by atoms with van der Waals surface area (Å²) < 4.78 is 11.7. The molecule has 2 aromatic carbocycles. The quantitative estimate of drug-likeness (QED) is 0.679. The van der Waals surface area contributed by atoms with Crippen molar-refractivity contribution < 1.29 is 13.9 Å². The number of nitrogens with zero attached hydrogens (tertiary/aromatic N) is 1. The lowest BCUT2D eigenvalue weighted by Crippen LogP contribution is -2.41. The zero-order valence-corrected chi connectivity index (χ0v) is 14.4. The highest BCUT2D eigenvalue weighted by molar-refractivity contribution is 6.30. The first-order chi connectivity index (χ1) is 12.2. The van der Waals surface area contributed by atoms with Crippen LogP contribution in [0, 0.1) is 0 Å². The normalized spacial score (nSPS) is 15.5. The third-order valence-corrected chi connectivity index (χ3v) is 4.73. The number of amides is 1. The van der Waals surface area contributed by atoms with Crippen molar-refractivity contribution in [3.63, 3.8) is 0 Å². The first kappa shape index (κ1) is 16.0. The van der Waals surface area contributed by atoms with Crippen LogP contribution in [0.1, 0.15) is 23.4 Å². The number of hydrogen-bond acceptors (Lipinski definition) is 3. The lowest BCUT2D eigenvalue weighted by Gasteiger charge is -2.31. The molecule has 3 aromatic rings. The molecule has 1 aliphatic heterocycles. The van der Waals surface area contributed by atoms with Gasteiger partial charge in [0.1, 0.15) is 17.4 Å². The summed E-state index contributed by atoms with van der Waals surface area (Å²) >= 11 is 5.89. The fourth-order valence-corrected chi connectivity index (χ4v) is 3.25. The van der Waals surface area contributed by atoms with Crippen molar-refractivity contribution in [3.05, 3.63) is 65.4 Å². The van der Waals surface area contributed by atoms with Crippen LogP contribution in [0.25, 0.3) is 11.0 Å². The van der Waals surface area contributed by atoms with Crippen molar-refractivity contribution in [2.24, 2.45) is 0 Å². The summed E-state index contributed by atoms with van der Waals surface area (Å²) in [5.41, 5.74) is 0.742. The molecule has 4 rings (SSSR count). The van der Waals surface area contributed by atoms with Crippen molar-refractivity contribution in [1.82, 2.24) is 4.90 Å². The number of benzene rings is 2. The van der Waals surface area contributed by atoms with Gasteiger partial charge in [0.25, 0.3) is 5.91 Å². The highest BCUT2D eigenvalue weighted by Gasteiger charge is 2.26. The Kier molecular flexibility index (Phi) is 4.36. The predicted molar refractivity (Wildman–Crippen MR) is 97.2 cm³/mol. The highest BCUT2D eigenvalue weighted by Crippen LogP contribution is 2.24.